The van der Waals surface area contributed by atoms with Gasteiger partial charge in [0.05, 0.1) is 0 Å². The van der Waals surface area contributed by atoms with Crippen molar-refractivity contribution in [3.63, 3.8) is 0 Å². The standard InChI is InChI=1S/C13H26N4O/c1-15-5-7-16(8-6-15)3-2-4-17-11-12(10-14)9-13(17)18/h12H,2-11,14H2,1H3. The largest absolute Gasteiger partial charge is 0.342 e. The van der Waals surface area contributed by atoms with Gasteiger partial charge in [0.2, 0.25) is 5.91 Å². The van der Waals surface area contributed by atoms with Crippen molar-refractivity contribution in [1.29, 1.82) is 0 Å². The quantitative estimate of drug-likeness (QED) is 0.714. The molecule has 18 heavy (non-hydrogen) atoms. The molecule has 1 amide bonds. The second kappa shape index (κ2) is 6.50. The van der Waals surface area contributed by atoms with Gasteiger partial charge in [0.1, 0.15) is 0 Å². The van der Waals surface area contributed by atoms with E-state index in [1.165, 1.54) is 0 Å². The smallest absolute Gasteiger partial charge is 0.222 e. The molecule has 2 N–H and O–H groups in total. The molecule has 0 aromatic heterocycles. The molecule has 0 bridgehead atoms. The normalized spacial score (nSPS) is 27.1. The van der Waals surface area contributed by atoms with Crippen LogP contribution in [0, 0.1) is 5.92 Å². The number of likely N-dealkylation sites (N-methyl/N-ethyl adjacent to an activating group) is 1. The summed E-state index contributed by atoms with van der Waals surface area (Å²) in [6, 6.07) is 0. The van der Waals surface area contributed by atoms with E-state index in [2.05, 4.69) is 16.8 Å². The van der Waals surface area contributed by atoms with Gasteiger partial charge in [0, 0.05) is 45.7 Å². The second-order valence-electron chi connectivity index (χ2n) is 5.64. The van der Waals surface area contributed by atoms with Crippen LogP contribution in [0.15, 0.2) is 0 Å². The third-order valence-corrected chi connectivity index (χ3v) is 4.13. The first-order valence-corrected chi connectivity index (χ1v) is 7.08. The third kappa shape index (κ3) is 3.67. The molecule has 0 aromatic rings. The highest BCUT2D eigenvalue weighted by molar-refractivity contribution is 5.78. The Morgan fingerprint density at radius 1 is 1.22 bits per heavy atom. The molecular formula is C13H26N4O. The number of carbonyl (C=O) groups excluding carboxylic acids is 1. The summed E-state index contributed by atoms with van der Waals surface area (Å²) >= 11 is 0. The van der Waals surface area contributed by atoms with Gasteiger partial charge in [-0.25, -0.2) is 0 Å². The van der Waals surface area contributed by atoms with E-state index in [1.807, 2.05) is 4.90 Å². The van der Waals surface area contributed by atoms with Gasteiger partial charge < -0.3 is 20.4 Å². The van der Waals surface area contributed by atoms with Crippen molar-refractivity contribution in [3.8, 4) is 0 Å². The van der Waals surface area contributed by atoms with Gasteiger partial charge in [-0.05, 0) is 32.5 Å². The zero-order chi connectivity index (χ0) is 13.0. The molecule has 1 atom stereocenters. The molecule has 0 aliphatic carbocycles. The first-order chi connectivity index (χ1) is 8.69. The molecule has 0 aromatic carbocycles. The van der Waals surface area contributed by atoms with Gasteiger partial charge in [0.15, 0.2) is 0 Å². The maximum atomic E-state index is 11.7. The summed E-state index contributed by atoms with van der Waals surface area (Å²) in [7, 11) is 2.17. The highest BCUT2D eigenvalue weighted by Gasteiger charge is 2.28. The fourth-order valence-electron chi connectivity index (χ4n) is 2.78. The second-order valence-corrected chi connectivity index (χ2v) is 5.64. The van der Waals surface area contributed by atoms with Gasteiger partial charge in [-0.1, -0.05) is 0 Å². The fourth-order valence-corrected chi connectivity index (χ4v) is 2.78. The Morgan fingerprint density at radius 3 is 2.56 bits per heavy atom. The molecule has 5 heteroatoms. The summed E-state index contributed by atoms with van der Waals surface area (Å²) in [6.07, 6.45) is 1.75. The molecule has 0 saturated carbocycles. The molecule has 2 rings (SSSR count). The lowest BCUT2D eigenvalue weighted by molar-refractivity contribution is -0.127. The summed E-state index contributed by atoms with van der Waals surface area (Å²) in [4.78, 5) is 18.6. The Morgan fingerprint density at radius 2 is 1.94 bits per heavy atom. The van der Waals surface area contributed by atoms with Crippen LogP contribution in [0.2, 0.25) is 0 Å². The Hall–Kier alpha value is -0.650. The topological polar surface area (TPSA) is 52.8 Å². The van der Waals surface area contributed by atoms with Gasteiger partial charge in [-0.3, -0.25) is 4.79 Å². The lowest BCUT2D eigenvalue weighted by Crippen LogP contribution is -2.45. The first-order valence-electron chi connectivity index (χ1n) is 7.08. The maximum absolute atomic E-state index is 11.7. The van der Waals surface area contributed by atoms with E-state index in [0.717, 1.165) is 52.2 Å². The average Bonchev–Trinajstić information content (AvgIpc) is 2.73. The number of hydrogen-bond donors (Lipinski definition) is 1. The summed E-state index contributed by atoms with van der Waals surface area (Å²) in [6.45, 7) is 8.19. The summed E-state index contributed by atoms with van der Waals surface area (Å²) < 4.78 is 0. The van der Waals surface area contributed by atoms with Gasteiger partial charge in [-0.15, -0.1) is 0 Å². The summed E-state index contributed by atoms with van der Waals surface area (Å²) in [5, 5.41) is 0. The van der Waals surface area contributed by atoms with Crippen LogP contribution in [-0.4, -0.2) is 80.0 Å². The van der Waals surface area contributed by atoms with E-state index in [-0.39, 0.29) is 0 Å². The van der Waals surface area contributed by atoms with Crippen molar-refractivity contribution < 1.29 is 4.79 Å². The van der Waals surface area contributed by atoms with Crippen molar-refractivity contribution in [2.24, 2.45) is 11.7 Å². The lowest BCUT2D eigenvalue weighted by atomic mass is 10.1. The molecule has 0 spiro atoms. The van der Waals surface area contributed by atoms with Crippen molar-refractivity contribution in [1.82, 2.24) is 14.7 Å². The van der Waals surface area contributed by atoms with Crippen LogP contribution in [-0.2, 0) is 4.79 Å². The van der Waals surface area contributed by atoms with E-state index in [4.69, 9.17) is 5.73 Å². The van der Waals surface area contributed by atoms with Crippen molar-refractivity contribution in [3.05, 3.63) is 0 Å². The summed E-state index contributed by atoms with van der Waals surface area (Å²) in [5.74, 6) is 0.685. The number of nitrogens with zero attached hydrogens (tertiary/aromatic N) is 3. The van der Waals surface area contributed by atoms with Crippen LogP contribution in [0.1, 0.15) is 12.8 Å². The molecule has 0 radical (unpaired) electrons. The zero-order valence-electron chi connectivity index (χ0n) is 11.5. The van der Waals surface area contributed by atoms with E-state index in [1.54, 1.807) is 0 Å². The predicted molar refractivity (Wildman–Crippen MR) is 72.3 cm³/mol. The number of hydrogen-bond acceptors (Lipinski definition) is 4. The highest BCUT2D eigenvalue weighted by atomic mass is 16.2. The number of piperazine rings is 1. The Balaban J connectivity index is 1.62. The Kier molecular flexibility index (Phi) is 4.97. The van der Waals surface area contributed by atoms with Crippen molar-refractivity contribution in [2.75, 3.05) is 59.4 Å². The number of nitrogens with two attached hydrogens (primary N) is 1. The third-order valence-electron chi connectivity index (χ3n) is 4.13. The molecule has 2 aliphatic heterocycles. The molecule has 5 nitrogen and oxygen atoms in total. The van der Waals surface area contributed by atoms with E-state index in [0.29, 0.717) is 24.8 Å². The number of rotatable bonds is 5. The average molecular weight is 254 g/mol. The first kappa shape index (κ1) is 13.8. The molecule has 2 heterocycles. The van der Waals surface area contributed by atoms with Crippen molar-refractivity contribution >= 4 is 5.91 Å². The highest BCUT2D eigenvalue weighted by Crippen LogP contribution is 2.16. The van der Waals surface area contributed by atoms with Crippen LogP contribution >= 0.6 is 0 Å². The number of amides is 1. The van der Waals surface area contributed by atoms with Crippen LogP contribution in [0.3, 0.4) is 0 Å². The van der Waals surface area contributed by atoms with Gasteiger partial charge in [-0.2, -0.15) is 0 Å². The molecule has 1 unspecified atom stereocenters. The van der Waals surface area contributed by atoms with E-state index in [9.17, 15) is 4.79 Å². The van der Waals surface area contributed by atoms with Crippen LogP contribution in [0.4, 0.5) is 0 Å². The number of likely N-dealkylation sites (tertiary alicyclic amines) is 1. The maximum Gasteiger partial charge on any atom is 0.222 e. The van der Waals surface area contributed by atoms with Gasteiger partial charge in [0.25, 0.3) is 0 Å². The van der Waals surface area contributed by atoms with Crippen LogP contribution in [0.5, 0.6) is 0 Å². The number of carbonyl (C=O) groups is 1. The summed E-state index contributed by atoms with van der Waals surface area (Å²) in [5.41, 5.74) is 5.63. The minimum absolute atomic E-state index is 0.295. The SMILES string of the molecule is CN1CCN(CCCN2CC(CN)CC2=O)CC1. The molecular weight excluding hydrogens is 228 g/mol. The predicted octanol–water partition coefficient (Wildman–Crippen LogP) is -0.569. The minimum Gasteiger partial charge on any atom is -0.342 e. The molecule has 2 saturated heterocycles. The zero-order valence-corrected chi connectivity index (χ0v) is 11.5. The Labute approximate surface area is 110 Å². The molecule has 2 fully saturated rings. The van der Waals surface area contributed by atoms with Crippen LogP contribution in [0.25, 0.3) is 0 Å². The van der Waals surface area contributed by atoms with E-state index >= 15 is 0 Å². The monoisotopic (exact) mass is 254 g/mol. The molecule has 2 aliphatic rings. The van der Waals surface area contributed by atoms with Crippen LogP contribution < -0.4 is 5.73 Å². The Bertz CT molecular complexity index is 276. The fraction of sp³-hybridized carbons (Fsp3) is 0.923. The molecule has 104 valence electrons. The minimum atomic E-state index is 0.295. The van der Waals surface area contributed by atoms with Crippen molar-refractivity contribution in [2.45, 2.75) is 12.8 Å². The lowest BCUT2D eigenvalue weighted by Gasteiger charge is -2.32. The van der Waals surface area contributed by atoms with Gasteiger partial charge >= 0.3 is 0 Å². The van der Waals surface area contributed by atoms with E-state index < -0.39 is 0 Å².